The summed E-state index contributed by atoms with van der Waals surface area (Å²) >= 11 is 6.06. The Morgan fingerprint density at radius 1 is 1.21 bits per heavy atom. The summed E-state index contributed by atoms with van der Waals surface area (Å²) in [5.41, 5.74) is 7.15. The van der Waals surface area contributed by atoms with Crippen LogP contribution in [0, 0.1) is 5.82 Å². The van der Waals surface area contributed by atoms with Crippen molar-refractivity contribution in [1.29, 1.82) is 0 Å². The number of hydrogen-bond donors (Lipinski definition) is 2. The lowest BCUT2D eigenvalue weighted by atomic mass is 10.1. The fraction of sp³-hybridized carbons (Fsp3) is 0.0714. The molecule has 5 heteroatoms. The van der Waals surface area contributed by atoms with Crippen molar-refractivity contribution >= 4 is 23.2 Å². The summed E-state index contributed by atoms with van der Waals surface area (Å²) in [6.07, 6.45) is 0. The van der Waals surface area contributed by atoms with Crippen molar-refractivity contribution < 1.29 is 9.18 Å². The van der Waals surface area contributed by atoms with Gasteiger partial charge in [0.2, 0.25) is 5.91 Å². The van der Waals surface area contributed by atoms with E-state index in [9.17, 15) is 9.18 Å². The number of halogens is 2. The van der Waals surface area contributed by atoms with E-state index in [1.54, 1.807) is 24.3 Å². The van der Waals surface area contributed by atoms with E-state index in [0.717, 1.165) is 11.3 Å². The highest BCUT2D eigenvalue weighted by Gasteiger charge is 2.05. The summed E-state index contributed by atoms with van der Waals surface area (Å²) in [6, 6.07) is 10.9. The van der Waals surface area contributed by atoms with Crippen LogP contribution in [0.1, 0.15) is 15.9 Å². The van der Waals surface area contributed by atoms with Gasteiger partial charge in [0.05, 0.1) is 0 Å². The minimum absolute atomic E-state index is 0.283. The molecule has 2 aromatic rings. The third-order valence-corrected chi connectivity index (χ3v) is 3.02. The topological polar surface area (TPSA) is 55.1 Å². The van der Waals surface area contributed by atoms with E-state index >= 15 is 0 Å². The Kier molecular flexibility index (Phi) is 4.02. The van der Waals surface area contributed by atoms with Crippen molar-refractivity contribution in [3.63, 3.8) is 0 Å². The molecule has 98 valence electrons. The van der Waals surface area contributed by atoms with Gasteiger partial charge < -0.3 is 11.1 Å². The van der Waals surface area contributed by atoms with Crippen molar-refractivity contribution in [2.45, 2.75) is 6.54 Å². The molecule has 0 aliphatic rings. The highest BCUT2D eigenvalue weighted by atomic mass is 35.5. The Hall–Kier alpha value is -2.07. The molecule has 0 unspecified atom stereocenters. The van der Waals surface area contributed by atoms with Gasteiger partial charge in [-0.15, -0.1) is 0 Å². The zero-order valence-electron chi connectivity index (χ0n) is 9.99. The normalized spacial score (nSPS) is 10.2. The summed E-state index contributed by atoms with van der Waals surface area (Å²) in [4.78, 5) is 11.0. The molecule has 2 rings (SSSR count). The van der Waals surface area contributed by atoms with Crippen LogP contribution in [0.3, 0.4) is 0 Å². The molecule has 0 spiro atoms. The van der Waals surface area contributed by atoms with Gasteiger partial charge in [-0.2, -0.15) is 0 Å². The lowest BCUT2D eigenvalue weighted by Crippen LogP contribution is -2.11. The Balaban J connectivity index is 2.07. The van der Waals surface area contributed by atoms with E-state index in [-0.39, 0.29) is 5.82 Å². The lowest BCUT2D eigenvalue weighted by Gasteiger charge is -2.09. The summed E-state index contributed by atoms with van der Waals surface area (Å²) in [7, 11) is 0. The molecule has 0 fully saturated rings. The highest BCUT2D eigenvalue weighted by Crippen LogP contribution is 2.19. The van der Waals surface area contributed by atoms with E-state index in [2.05, 4.69) is 5.32 Å². The molecule has 0 aliphatic heterocycles. The van der Waals surface area contributed by atoms with E-state index < -0.39 is 5.91 Å². The quantitative estimate of drug-likeness (QED) is 0.902. The monoisotopic (exact) mass is 278 g/mol. The molecule has 0 atom stereocenters. The summed E-state index contributed by atoms with van der Waals surface area (Å²) < 4.78 is 12.7. The van der Waals surface area contributed by atoms with Crippen molar-refractivity contribution in [3.05, 3.63) is 64.4 Å². The van der Waals surface area contributed by atoms with E-state index in [1.807, 2.05) is 0 Å². The molecule has 0 heterocycles. The molecule has 0 saturated carbocycles. The zero-order chi connectivity index (χ0) is 13.8. The van der Waals surface area contributed by atoms with E-state index in [1.165, 1.54) is 18.2 Å². The first-order valence-corrected chi connectivity index (χ1v) is 6.02. The smallest absolute Gasteiger partial charge is 0.248 e. The average Bonchev–Trinajstić information content (AvgIpc) is 2.39. The molecular weight excluding hydrogens is 267 g/mol. The Morgan fingerprint density at radius 3 is 2.47 bits per heavy atom. The first kappa shape index (κ1) is 13.4. The number of amides is 1. The number of nitrogens with one attached hydrogen (secondary N) is 1. The van der Waals surface area contributed by atoms with Crippen LogP contribution in [0.5, 0.6) is 0 Å². The lowest BCUT2D eigenvalue weighted by molar-refractivity contribution is 0.100. The Labute approximate surface area is 115 Å². The molecule has 2 aromatic carbocycles. The second-order valence-electron chi connectivity index (χ2n) is 4.03. The van der Waals surface area contributed by atoms with Gasteiger partial charge >= 0.3 is 0 Å². The van der Waals surface area contributed by atoms with Crippen LogP contribution < -0.4 is 11.1 Å². The minimum atomic E-state index is -0.514. The first-order valence-electron chi connectivity index (χ1n) is 5.64. The molecule has 0 aliphatic carbocycles. The SMILES string of the molecule is NC(=O)c1ccc(CNc2ccc(F)cc2)c(Cl)c1. The zero-order valence-corrected chi connectivity index (χ0v) is 10.7. The van der Waals surface area contributed by atoms with E-state index in [0.29, 0.717) is 17.1 Å². The van der Waals surface area contributed by atoms with Crippen molar-refractivity contribution in [2.75, 3.05) is 5.32 Å². The molecule has 0 aromatic heterocycles. The summed E-state index contributed by atoms with van der Waals surface area (Å²) in [5.74, 6) is -0.797. The van der Waals surface area contributed by atoms with Crippen LogP contribution in [0.25, 0.3) is 0 Å². The maximum atomic E-state index is 12.7. The molecule has 3 N–H and O–H groups in total. The average molecular weight is 279 g/mol. The van der Waals surface area contributed by atoms with Crippen LogP contribution in [-0.4, -0.2) is 5.91 Å². The van der Waals surface area contributed by atoms with Crippen LogP contribution in [-0.2, 0) is 6.54 Å². The summed E-state index contributed by atoms with van der Waals surface area (Å²) in [6.45, 7) is 0.476. The van der Waals surface area contributed by atoms with Gasteiger partial charge in [-0.1, -0.05) is 17.7 Å². The molecular formula is C14H12ClFN2O. The third-order valence-electron chi connectivity index (χ3n) is 2.66. The van der Waals surface area contributed by atoms with Crippen molar-refractivity contribution in [2.24, 2.45) is 5.73 Å². The molecule has 0 radical (unpaired) electrons. The predicted molar refractivity (Wildman–Crippen MR) is 73.7 cm³/mol. The first-order chi connectivity index (χ1) is 9.06. The van der Waals surface area contributed by atoms with Crippen molar-refractivity contribution in [1.82, 2.24) is 0 Å². The molecule has 3 nitrogen and oxygen atoms in total. The van der Waals surface area contributed by atoms with Crippen LogP contribution in [0.15, 0.2) is 42.5 Å². The number of hydrogen-bond acceptors (Lipinski definition) is 2. The van der Waals surface area contributed by atoms with Gasteiger partial charge in [-0.05, 0) is 42.0 Å². The van der Waals surface area contributed by atoms with Crippen LogP contribution in [0.4, 0.5) is 10.1 Å². The number of carbonyl (C=O) groups excluding carboxylic acids is 1. The molecule has 0 saturated heterocycles. The van der Waals surface area contributed by atoms with Gasteiger partial charge in [0.1, 0.15) is 5.82 Å². The van der Waals surface area contributed by atoms with Gasteiger partial charge in [0.25, 0.3) is 0 Å². The predicted octanol–water partition coefficient (Wildman–Crippen LogP) is 3.19. The second kappa shape index (κ2) is 5.71. The fourth-order valence-corrected chi connectivity index (χ4v) is 1.86. The molecule has 19 heavy (non-hydrogen) atoms. The highest BCUT2D eigenvalue weighted by molar-refractivity contribution is 6.31. The van der Waals surface area contributed by atoms with Gasteiger partial charge in [0, 0.05) is 22.8 Å². The van der Waals surface area contributed by atoms with Crippen LogP contribution in [0.2, 0.25) is 5.02 Å². The standard InChI is InChI=1S/C14H12ClFN2O/c15-13-7-9(14(17)19)1-2-10(13)8-18-12-5-3-11(16)4-6-12/h1-7,18H,8H2,(H2,17,19). The number of rotatable bonds is 4. The van der Waals surface area contributed by atoms with Gasteiger partial charge in [-0.3, -0.25) is 4.79 Å². The number of carbonyl (C=O) groups is 1. The fourth-order valence-electron chi connectivity index (χ4n) is 1.61. The van der Waals surface area contributed by atoms with Gasteiger partial charge in [-0.25, -0.2) is 4.39 Å². The minimum Gasteiger partial charge on any atom is -0.381 e. The number of anilines is 1. The maximum absolute atomic E-state index is 12.7. The maximum Gasteiger partial charge on any atom is 0.248 e. The second-order valence-corrected chi connectivity index (χ2v) is 4.44. The molecule has 0 bridgehead atoms. The van der Waals surface area contributed by atoms with E-state index in [4.69, 9.17) is 17.3 Å². The molecule has 1 amide bonds. The number of nitrogens with two attached hydrogens (primary N) is 1. The Bertz CT molecular complexity index is 599. The number of primary amides is 1. The van der Waals surface area contributed by atoms with Crippen molar-refractivity contribution in [3.8, 4) is 0 Å². The number of benzene rings is 2. The van der Waals surface area contributed by atoms with Gasteiger partial charge in [0.15, 0.2) is 0 Å². The van der Waals surface area contributed by atoms with Crippen LogP contribution >= 0.6 is 11.6 Å². The third kappa shape index (κ3) is 3.45. The largest absolute Gasteiger partial charge is 0.381 e. The summed E-state index contributed by atoms with van der Waals surface area (Å²) in [5, 5.41) is 3.57. The Morgan fingerprint density at radius 2 is 1.89 bits per heavy atom.